The maximum absolute atomic E-state index is 12.7. The van der Waals surface area contributed by atoms with E-state index in [0.717, 1.165) is 40.8 Å². The topological polar surface area (TPSA) is 52.6 Å². The summed E-state index contributed by atoms with van der Waals surface area (Å²) in [5.41, 5.74) is -1.52. The maximum atomic E-state index is 12.7. The third kappa shape index (κ3) is 5.64. The van der Waals surface area contributed by atoms with E-state index in [2.05, 4.69) is 28.4 Å². The largest absolute Gasteiger partial charge is 0.534 e. The molecule has 35 heavy (non-hydrogen) atoms. The number of rotatable bonds is 5. The predicted octanol–water partition coefficient (Wildman–Crippen LogP) is 6.95. The molecule has 186 valence electrons. The fourth-order valence-corrected chi connectivity index (χ4v) is 5.05. The van der Waals surface area contributed by atoms with E-state index in [1.807, 2.05) is 45.0 Å². The number of hydrogen-bond acceptors (Lipinski definition) is 4. The Morgan fingerprint density at radius 3 is 2.06 bits per heavy atom. The Labute approximate surface area is 203 Å². The van der Waals surface area contributed by atoms with Crippen LogP contribution >= 0.6 is 0 Å². The Morgan fingerprint density at radius 1 is 0.829 bits per heavy atom. The SMILES string of the molecule is CC(C)(C)Oc1ccc2c(c1)CC[C@H](c1ccccc1)[C@@H]2c1ccc(OS(=O)(=O)C(F)(F)F)cc1. The van der Waals surface area contributed by atoms with Crippen molar-refractivity contribution >= 4 is 10.1 Å². The third-order valence-electron chi connectivity index (χ3n) is 5.96. The van der Waals surface area contributed by atoms with Gasteiger partial charge in [0.1, 0.15) is 17.1 Å². The first kappa shape index (κ1) is 25.1. The van der Waals surface area contributed by atoms with E-state index >= 15 is 0 Å². The Kier molecular flexibility index (Phi) is 6.62. The summed E-state index contributed by atoms with van der Waals surface area (Å²) in [6.07, 6.45) is 1.74. The molecule has 0 radical (unpaired) electrons. The molecule has 0 heterocycles. The normalized spacial score (nSPS) is 18.6. The zero-order valence-corrected chi connectivity index (χ0v) is 20.5. The highest BCUT2D eigenvalue weighted by Gasteiger charge is 2.48. The lowest BCUT2D eigenvalue weighted by atomic mass is 9.69. The van der Waals surface area contributed by atoms with Crippen molar-refractivity contribution in [2.45, 2.75) is 56.6 Å². The summed E-state index contributed by atoms with van der Waals surface area (Å²) in [5, 5.41) is 0. The molecule has 0 fully saturated rings. The van der Waals surface area contributed by atoms with Crippen LogP contribution in [0.25, 0.3) is 0 Å². The van der Waals surface area contributed by atoms with Gasteiger partial charge in [-0.15, -0.1) is 0 Å². The number of ether oxygens (including phenoxy) is 1. The van der Waals surface area contributed by atoms with Crippen molar-refractivity contribution in [3.05, 3.63) is 95.1 Å². The Hall–Kier alpha value is -3.00. The molecule has 0 aliphatic heterocycles. The van der Waals surface area contributed by atoms with Gasteiger partial charge in [0, 0.05) is 5.92 Å². The average molecular weight is 505 g/mol. The second-order valence-corrected chi connectivity index (χ2v) is 11.2. The van der Waals surface area contributed by atoms with E-state index in [9.17, 15) is 21.6 Å². The molecule has 2 atom stereocenters. The van der Waals surface area contributed by atoms with E-state index in [0.29, 0.717) is 0 Å². The molecule has 3 aromatic rings. The van der Waals surface area contributed by atoms with Crippen LogP contribution in [0.15, 0.2) is 72.8 Å². The summed E-state index contributed by atoms with van der Waals surface area (Å²) >= 11 is 0. The molecule has 3 aromatic carbocycles. The number of alkyl halides is 3. The monoisotopic (exact) mass is 504 g/mol. The van der Waals surface area contributed by atoms with E-state index < -0.39 is 15.6 Å². The Morgan fingerprint density at radius 2 is 1.46 bits per heavy atom. The van der Waals surface area contributed by atoms with Gasteiger partial charge < -0.3 is 8.92 Å². The van der Waals surface area contributed by atoms with E-state index in [1.54, 1.807) is 12.1 Å². The van der Waals surface area contributed by atoms with Crippen molar-refractivity contribution in [1.29, 1.82) is 0 Å². The van der Waals surface area contributed by atoms with Crippen molar-refractivity contribution in [1.82, 2.24) is 0 Å². The highest BCUT2D eigenvalue weighted by Crippen LogP contribution is 2.47. The van der Waals surface area contributed by atoms with Gasteiger partial charge in [-0.1, -0.05) is 48.5 Å². The molecule has 0 saturated heterocycles. The first-order valence-electron chi connectivity index (χ1n) is 11.3. The lowest BCUT2D eigenvalue weighted by molar-refractivity contribution is -0.0500. The number of halogens is 3. The highest BCUT2D eigenvalue weighted by molar-refractivity contribution is 7.88. The maximum Gasteiger partial charge on any atom is 0.534 e. The number of hydrogen-bond donors (Lipinski definition) is 0. The standard InChI is InChI=1S/C27H27F3O4S/c1-26(2,3)33-22-14-16-24-20(17-22)11-15-23(18-7-5-4-6-8-18)25(24)19-9-12-21(13-10-19)34-35(31,32)27(28,29)30/h4-10,12-14,16-17,23,25H,11,15H2,1-3H3/t23-,25+/m1/s1. The van der Waals surface area contributed by atoms with Crippen LogP contribution in [0.5, 0.6) is 11.5 Å². The molecule has 0 unspecified atom stereocenters. The smallest absolute Gasteiger partial charge is 0.488 e. The predicted molar refractivity (Wildman–Crippen MR) is 128 cm³/mol. The van der Waals surface area contributed by atoms with E-state index in [4.69, 9.17) is 4.74 Å². The molecule has 1 aliphatic carbocycles. The minimum Gasteiger partial charge on any atom is -0.488 e. The van der Waals surface area contributed by atoms with Crippen LogP contribution in [-0.2, 0) is 16.5 Å². The fraction of sp³-hybridized carbons (Fsp3) is 0.333. The van der Waals surface area contributed by atoms with Crippen molar-refractivity contribution in [3.8, 4) is 11.5 Å². The summed E-state index contributed by atoms with van der Waals surface area (Å²) in [6.45, 7) is 5.97. The van der Waals surface area contributed by atoms with Gasteiger partial charge in [-0.3, -0.25) is 0 Å². The van der Waals surface area contributed by atoms with Gasteiger partial charge in [0.25, 0.3) is 0 Å². The van der Waals surface area contributed by atoms with Crippen LogP contribution in [0.3, 0.4) is 0 Å². The summed E-state index contributed by atoms with van der Waals surface area (Å²) in [6, 6.07) is 21.9. The molecular weight excluding hydrogens is 477 g/mol. The molecule has 4 rings (SSSR count). The second-order valence-electron chi connectivity index (χ2n) is 9.66. The Balaban J connectivity index is 1.72. The highest BCUT2D eigenvalue weighted by atomic mass is 32.2. The molecule has 0 saturated carbocycles. The van der Waals surface area contributed by atoms with Crippen molar-refractivity contribution < 1.29 is 30.5 Å². The van der Waals surface area contributed by atoms with Gasteiger partial charge in [0.2, 0.25) is 0 Å². The van der Waals surface area contributed by atoms with Crippen LogP contribution in [0.2, 0.25) is 0 Å². The van der Waals surface area contributed by atoms with E-state index in [1.165, 1.54) is 12.1 Å². The summed E-state index contributed by atoms with van der Waals surface area (Å²) < 4.78 is 71.2. The summed E-state index contributed by atoms with van der Waals surface area (Å²) in [5.74, 6) is 0.475. The van der Waals surface area contributed by atoms with E-state index in [-0.39, 0.29) is 23.2 Å². The third-order valence-corrected chi connectivity index (χ3v) is 6.94. The zero-order valence-electron chi connectivity index (χ0n) is 19.7. The first-order chi connectivity index (χ1) is 16.3. The molecule has 0 bridgehead atoms. The molecule has 0 N–H and O–H groups in total. The second kappa shape index (κ2) is 9.22. The molecule has 0 spiro atoms. The lowest BCUT2D eigenvalue weighted by Gasteiger charge is -2.35. The number of aryl methyl sites for hydroxylation is 1. The van der Waals surface area contributed by atoms with Gasteiger partial charge in [-0.05, 0) is 86.1 Å². The van der Waals surface area contributed by atoms with Crippen LogP contribution in [0.4, 0.5) is 13.2 Å². The molecule has 0 amide bonds. The Bertz CT molecular complexity index is 1280. The summed E-state index contributed by atoms with van der Waals surface area (Å²) in [7, 11) is -5.72. The molecule has 4 nitrogen and oxygen atoms in total. The van der Waals surface area contributed by atoms with Gasteiger partial charge in [-0.25, -0.2) is 0 Å². The van der Waals surface area contributed by atoms with Crippen LogP contribution < -0.4 is 8.92 Å². The zero-order chi connectivity index (χ0) is 25.4. The van der Waals surface area contributed by atoms with Crippen molar-refractivity contribution in [2.75, 3.05) is 0 Å². The first-order valence-corrected chi connectivity index (χ1v) is 12.7. The van der Waals surface area contributed by atoms with Gasteiger partial charge in [-0.2, -0.15) is 21.6 Å². The van der Waals surface area contributed by atoms with Crippen LogP contribution in [0, 0.1) is 0 Å². The van der Waals surface area contributed by atoms with Gasteiger partial charge in [0.05, 0.1) is 0 Å². The quantitative estimate of drug-likeness (QED) is 0.279. The van der Waals surface area contributed by atoms with Crippen molar-refractivity contribution in [2.24, 2.45) is 0 Å². The fourth-order valence-electron chi connectivity index (χ4n) is 4.59. The average Bonchev–Trinajstić information content (AvgIpc) is 2.77. The minimum atomic E-state index is -5.72. The number of fused-ring (bicyclic) bond motifs is 1. The van der Waals surface area contributed by atoms with Gasteiger partial charge >= 0.3 is 15.6 Å². The van der Waals surface area contributed by atoms with Gasteiger partial charge in [0.15, 0.2) is 0 Å². The molecule has 1 aliphatic rings. The minimum absolute atomic E-state index is 0.0712. The van der Waals surface area contributed by atoms with Crippen LogP contribution in [0.1, 0.15) is 61.3 Å². The van der Waals surface area contributed by atoms with Crippen LogP contribution in [-0.4, -0.2) is 19.5 Å². The molecular formula is C27H27F3O4S. The molecule has 8 heteroatoms. The number of benzene rings is 3. The van der Waals surface area contributed by atoms with Crippen molar-refractivity contribution in [3.63, 3.8) is 0 Å². The lowest BCUT2D eigenvalue weighted by Crippen LogP contribution is -2.28. The summed E-state index contributed by atoms with van der Waals surface area (Å²) in [4.78, 5) is 0. The molecule has 0 aromatic heterocycles.